The predicted octanol–water partition coefficient (Wildman–Crippen LogP) is 3.44. The molecule has 0 saturated heterocycles. The minimum absolute atomic E-state index is 0.515. The van der Waals surface area contributed by atoms with Crippen LogP contribution in [-0.4, -0.2) is 15.8 Å². The number of aryl methyl sites for hydroxylation is 1. The standard InChI is InChI=1S/C13H17N3S2/c1-16-13(14-11-5-3-2-4-6-11)18-12(15-16)10-7-8-17-9-10/h7-9,11H,2-6H2,1H3. The van der Waals surface area contributed by atoms with E-state index >= 15 is 0 Å². The molecule has 0 N–H and O–H groups in total. The van der Waals surface area contributed by atoms with Crippen molar-refractivity contribution in [3.05, 3.63) is 21.6 Å². The van der Waals surface area contributed by atoms with E-state index in [0.29, 0.717) is 6.04 Å². The number of rotatable bonds is 2. The van der Waals surface area contributed by atoms with E-state index in [1.54, 1.807) is 22.7 Å². The summed E-state index contributed by atoms with van der Waals surface area (Å²) in [5, 5.41) is 9.88. The smallest absolute Gasteiger partial charge is 0.203 e. The zero-order valence-electron chi connectivity index (χ0n) is 10.5. The van der Waals surface area contributed by atoms with Crippen LogP contribution in [-0.2, 0) is 7.05 Å². The molecule has 0 radical (unpaired) electrons. The quantitative estimate of drug-likeness (QED) is 0.828. The predicted molar refractivity (Wildman–Crippen MR) is 76.8 cm³/mol. The van der Waals surface area contributed by atoms with E-state index in [1.807, 2.05) is 11.7 Å². The normalized spacial score (nSPS) is 18.4. The highest BCUT2D eigenvalue weighted by Crippen LogP contribution is 2.23. The molecule has 0 aromatic carbocycles. The van der Waals surface area contributed by atoms with Crippen molar-refractivity contribution >= 4 is 22.7 Å². The molecule has 18 heavy (non-hydrogen) atoms. The van der Waals surface area contributed by atoms with E-state index < -0.39 is 0 Å². The lowest BCUT2D eigenvalue weighted by Gasteiger charge is -2.16. The molecule has 3 nitrogen and oxygen atoms in total. The first-order chi connectivity index (χ1) is 8.83. The third-order valence-electron chi connectivity index (χ3n) is 3.34. The van der Waals surface area contributed by atoms with Gasteiger partial charge in [0.1, 0.15) is 5.01 Å². The third-order valence-corrected chi connectivity index (χ3v) is 5.09. The van der Waals surface area contributed by atoms with Gasteiger partial charge in [-0.15, -0.1) is 0 Å². The molecule has 5 heteroatoms. The Hall–Kier alpha value is -0.940. The first-order valence-corrected chi connectivity index (χ1v) is 8.19. The van der Waals surface area contributed by atoms with Gasteiger partial charge in [-0.05, 0) is 24.3 Å². The Bertz CT molecular complexity index is 559. The van der Waals surface area contributed by atoms with Crippen LogP contribution in [0.1, 0.15) is 32.1 Å². The summed E-state index contributed by atoms with van der Waals surface area (Å²) < 4.78 is 1.92. The topological polar surface area (TPSA) is 30.2 Å². The average Bonchev–Trinajstić information content (AvgIpc) is 3.01. The zero-order valence-corrected chi connectivity index (χ0v) is 12.1. The van der Waals surface area contributed by atoms with Crippen molar-refractivity contribution in [3.63, 3.8) is 0 Å². The van der Waals surface area contributed by atoms with E-state index in [2.05, 4.69) is 21.9 Å². The summed E-state index contributed by atoms with van der Waals surface area (Å²) in [5.74, 6) is 0. The monoisotopic (exact) mass is 279 g/mol. The SMILES string of the molecule is Cn1nc(-c2ccsc2)sc1=NC1CCCCC1. The fourth-order valence-corrected chi connectivity index (χ4v) is 4.00. The van der Waals surface area contributed by atoms with Crippen molar-refractivity contribution in [3.8, 4) is 10.6 Å². The van der Waals surface area contributed by atoms with Gasteiger partial charge in [0.2, 0.25) is 4.80 Å². The van der Waals surface area contributed by atoms with Gasteiger partial charge in [0.05, 0.1) is 6.04 Å². The van der Waals surface area contributed by atoms with Crippen molar-refractivity contribution in [2.75, 3.05) is 0 Å². The molecule has 1 aliphatic rings. The highest BCUT2D eigenvalue weighted by Gasteiger charge is 2.13. The number of hydrogen-bond donors (Lipinski definition) is 0. The molecular formula is C13H17N3S2. The summed E-state index contributed by atoms with van der Waals surface area (Å²) >= 11 is 3.41. The fraction of sp³-hybridized carbons (Fsp3) is 0.538. The Morgan fingerprint density at radius 3 is 2.89 bits per heavy atom. The number of hydrogen-bond acceptors (Lipinski definition) is 4. The van der Waals surface area contributed by atoms with Crippen molar-refractivity contribution in [1.29, 1.82) is 0 Å². The summed E-state index contributed by atoms with van der Waals surface area (Å²) in [7, 11) is 1.99. The molecule has 0 atom stereocenters. The van der Waals surface area contributed by atoms with Gasteiger partial charge in [-0.25, -0.2) is 4.68 Å². The Balaban J connectivity index is 1.90. The van der Waals surface area contributed by atoms with Crippen LogP contribution >= 0.6 is 22.7 Å². The highest BCUT2D eigenvalue weighted by molar-refractivity contribution is 7.13. The molecule has 3 rings (SSSR count). The van der Waals surface area contributed by atoms with Crippen molar-refractivity contribution in [2.45, 2.75) is 38.1 Å². The van der Waals surface area contributed by atoms with Crippen LogP contribution in [0.25, 0.3) is 10.6 Å². The Morgan fingerprint density at radius 1 is 1.33 bits per heavy atom. The van der Waals surface area contributed by atoms with E-state index in [0.717, 1.165) is 9.81 Å². The van der Waals surface area contributed by atoms with Gasteiger partial charge >= 0.3 is 0 Å². The minimum atomic E-state index is 0.515. The molecule has 1 aliphatic carbocycles. The average molecular weight is 279 g/mol. The van der Waals surface area contributed by atoms with Crippen molar-refractivity contribution < 1.29 is 0 Å². The van der Waals surface area contributed by atoms with Crippen LogP contribution in [0.15, 0.2) is 21.8 Å². The van der Waals surface area contributed by atoms with Gasteiger partial charge in [0.25, 0.3) is 0 Å². The largest absolute Gasteiger partial charge is 0.254 e. The minimum Gasteiger partial charge on any atom is -0.254 e. The van der Waals surface area contributed by atoms with Crippen LogP contribution in [0.3, 0.4) is 0 Å². The van der Waals surface area contributed by atoms with E-state index in [1.165, 1.54) is 37.7 Å². The van der Waals surface area contributed by atoms with Gasteiger partial charge in [0.15, 0.2) is 0 Å². The Morgan fingerprint density at radius 2 is 2.17 bits per heavy atom. The fourth-order valence-electron chi connectivity index (χ4n) is 2.33. The summed E-state index contributed by atoms with van der Waals surface area (Å²) in [4.78, 5) is 5.93. The van der Waals surface area contributed by atoms with Crippen molar-refractivity contribution in [2.24, 2.45) is 12.0 Å². The Labute approximate surface area is 115 Å². The molecule has 0 bridgehead atoms. The first-order valence-electron chi connectivity index (χ1n) is 6.43. The van der Waals surface area contributed by atoms with Gasteiger partial charge in [0, 0.05) is 18.0 Å². The zero-order chi connectivity index (χ0) is 12.4. The van der Waals surface area contributed by atoms with Crippen LogP contribution < -0.4 is 4.80 Å². The van der Waals surface area contributed by atoms with Gasteiger partial charge in [-0.3, -0.25) is 4.99 Å². The summed E-state index contributed by atoms with van der Waals surface area (Å²) in [6, 6.07) is 2.63. The Kier molecular flexibility index (Phi) is 3.61. The molecule has 0 amide bonds. The van der Waals surface area contributed by atoms with Crippen LogP contribution in [0.5, 0.6) is 0 Å². The molecular weight excluding hydrogens is 262 g/mol. The second-order valence-corrected chi connectivity index (χ2v) is 6.48. The molecule has 2 aromatic heterocycles. The molecule has 0 unspecified atom stereocenters. The van der Waals surface area contributed by atoms with Crippen LogP contribution in [0, 0.1) is 0 Å². The molecule has 0 spiro atoms. The van der Waals surface area contributed by atoms with Gasteiger partial charge in [-0.1, -0.05) is 30.6 Å². The summed E-state index contributed by atoms with van der Waals surface area (Å²) in [6.45, 7) is 0. The molecule has 0 aliphatic heterocycles. The van der Waals surface area contributed by atoms with Crippen LogP contribution in [0.4, 0.5) is 0 Å². The number of thiophene rings is 1. The number of nitrogens with zero attached hydrogens (tertiary/aromatic N) is 3. The maximum absolute atomic E-state index is 4.87. The number of aromatic nitrogens is 2. The van der Waals surface area contributed by atoms with E-state index in [4.69, 9.17) is 4.99 Å². The summed E-state index contributed by atoms with van der Waals surface area (Å²) in [6.07, 6.45) is 6.51. The maximum atomic E-state index is 4.87. The molecule has 1 fully saturated rings. The second-order valence-electron chi connectivity index (χ2n) is 4.75. The van der Waals surface area contributed by atoms with E-state index in [9.17, 15) is 0 Å². The van der Waals surface area contributed by atoms with Gasteiger partial charge < -0.3 is 0 Å². The lowest BCUT2D eigenvalue weighted by Crippen LogP contribution is -2.18. The van der Waals surface area contributed by atoms with E-state index in [-0.39, 0.29) is 0 Å². The molecule has 96 valence electrons. The second kappa shape index (κ2) is 5.36. The molecule has 2 aromatic rings. The third kappa shape index (κ3) is 2.57. The first kappa shape index (κ1) is 12.1. The van der Waals surface area contributed by atoms with Crippen molar-refractivity contribution in [1.82, 2.24) is 9.78 Å². The maximum Gasteiger partial charge on any atom is 0.203 e. The van der Waals surface area contributed by atoms with Crippen LogP contribution in [0.2, 0.25) is 0 Å². The molecule has 2 heterocycles. The lowest BCUT2D eigenvalue weighted by molar-refractivity contribution is 0.434. The molecule has 1 saturated carbocycles. The summed E-state index contributed by atoms with van der Waals surface area (Å²) in [5.41, 5.74) is 1.21. The lowest BCUT2D eigenvalue weighted by atomic mass is 9.96. The van der Waals surface area contributed by atoms with Gasteiger partial charge in [-0.2, -0.15) is 16.4 Å². The highest BCUT2D eigenvalue weighted by atomic mass is 32.1.